The molecular formula is C13H16ClN3O3. The van der Waals surface area contributed by atoms with E-state index in [4.69, 9.17) is 11.6 Å². The number of amides is 2. The molecule has 7 heteroatoms. The van der Waals surface area contributed by atoms with E-state index < -0.39 is 12.0 Å². The molecule has 0 aliphatic carbocycles. The van der Waals surface area contributed by atoms with Crippen LogP contribution in [0.15, 0.2) is 24.3 Å². The van der Waals surface area contributed by atoms with E-state index in [9.17, 15) is 14.7 Å². The van der Waals surface area contributed by atoms with Gasteiger partial charge in [-0.1, -0.05) is 29.8 Å². The summed E-state index contributed by atoms with van der Waals surface area (Å²) in [6, 6.07) is 5.06. The monoisotopic (exact) mass is 297 g/mol. The molecule has 0 saturated carbocycles. The maximum Gasteiger partial charge on any atom is 0.331 e. The number of nitrogens with zero attached hydrogens (tertiary/aromatic N) is 1. The van der Waals surface area contributed by atoms with Gasteiger partial charge in [-0.15, -0.1) is 0 Å². The maximum atomic E-state index is 12.1. The van der Waals surface area contributed by atoms with Gasteiger partial charge in [0.05, 0.1) is 0 Å². The molecule has 0 spiro atoms. The molecule has 2 amide bonds. The first-order valence-corrected chi connectivity index (χ1v) is 6.71. The van der Waals surface area contributed by atoms with Crippen LogP contribution >= 0.6 is 11.6 Å². The number of nitrogens with one attached hydrogen (secondary N) is 2. The molecule has 1 aliphatic heterocycles. The van der Waals surface area contributed by atoms with Crippen LogP contribution in [0.4, 0.5) is 4.79 Å². The van der Waals surface area contributed by atoms with Crippen LogP contribution in [-0.2, 0) is 4.79 Å². The third-order valence-electron chi connectivity index (χ3n) is 3.14. The lowest BCUT2D eigenvalue weighted by Crippen LogP contribution is -2.51. The molecule has 0 bridgehead atoms. The Morgan fingerprint density at radius 2 is 1.95 bits per heavy atom. The molecule has 1 aromatic rings. The highest BCUT2D eigenvalue weighted by molar-refractivity contribution is 6.31. The molecule has 108 valence electrons. The second-order valence-corrected chi connectivity index (χ2v) is 4.89. The van der Waals surface area contributed by atoms with Crippen LogP contribution in [-0.4, -0.2) is 48.2 Å². The largest absolute Gasteiger partial charge is 0.479 e. The Morgan fingerprint density at radius 3 is 2.55 bits per heavy atom. The molecule has 1 heterocycles. The lowest BCUT2D eigenvalue weighted by molar-refractivity contribution is -0.139. The van der Waals surface area contributed by atoms with Gasteiger partial charge in [-0.05, 0) is 6.07 Å². The van der Waals surface area contributed by atoms with Gasteiger partial charge in [0.2, 0.25) is 0 Å². The van der Waals surface area contributed by atoms with Crippen LogP contribution in [0.5, 0.6) is 0 Å². The average molecular weight is 298 g/mol. The minimum absolute atomic E-state index is 0.320. The third-order valence-corrected chi connectivity index (χ3v) is 3.48. The van der Waals surface area contributed by atoms with Crippen molar-refractivity contribution in [3.05, 3.63) is 34.9 Å². The molecule has 6 nitrogen and oxygen atoms in total. The Bertz CT molecular complexity index is 503. The van der Waals surface area contributed by atoms with Crippen molar-refractivity contribution in [3.63, 3.8) is 0 Å². The summed E-state index contributed by atoms with van der Waals surface area (Å²) in [5.41, 5.74) is 0.380. The normalized spacial score (nSPS) is 16.6. The van der Waals surface area contributed by atoms with Gasteiger partial charge >= 0.3 is 12.0 Å². The van der Waals surface area contributed by atoms with Crippen LogP contribution in [0.1, 0.15) is 11.6 Å². The van der Waals surface area contributed by atoms with E-state index >= 15 is 0 Å². The third kappa shape index (κ3) is 3.40. The van der Waals surface area contributed by atoms with Gasteiger partial charge in [-0.25, -0.2) is 9.59 Å². The molecule has 20 heavy (non-hydrogen) atoms. The van der Waals surface area contributed by atoms with Crippen LogP contribution in [0, 0.1) is 0 Å². The lowest BCUT2D eigenvalue weighted by Gasteiger charge is -2.29. The topological polar surface area (TPSA) is 81.7 Å². The Hall–Kier alpha value is -1.79. The fourth-order valence-corrected chi connectivity index (χ4v) is 2.31. The van der Waals surface area contributed by atoms with E-state index in [1.165, 1.54) is 0 Å². The predicted molar refractivity (Wildman–Crippen MR) is 74.8 cm³/mol. The minimum Gasteiger partial charge on any atom is -0.479 e. The van der Waals surface area contributed by atoms with E-state index in [1.807, 2.05) is 0 Å². The van der Waals surface area contributed by atoms with Gasteiger partial charge in [-0.3, -0.25) is 0 Å². The van der Waals surface area contributed by atoms with Crippen molar-refractivity contribution in [1.29, 1.82) is 0 Å². The summed E-state index contributed by atoms with van der Waals surface area (Å²) in [4.78, 5) is 25.0. The Balaban J connectivity index is 2.12. The molecule has 1 saturated heterocycles. The Kier molecular flexibility index (Phi) is 4.81. The number of carboxylic acids is 1. The number of aliphatic carboxylic acids is 1. The van der Waals surface area contributed by atoms with E-state index in [2.05, 4.69) is 10.6 Å². The molecule has 2 rings (SSSR count). The van der Waals surface area contributed by atoms with E-state index in [0.717, 1.165) is 0 Å². The molecular weight excluding hydrogens is 282 g/mol. The standard InChI is InChI=1S/C13H16ClN3O3/c14-10-4-2-1-3-9(10)11(12(18)19)16-13(20)17-7-5-15-6-8-17/h1-4,11,15H,5-8H2,(H,16,20)(H,18,19)/t11-/m1/s1. The van der Waals surface area contributed by atoms with Crippen molar-refractivity contribution in [3.8, 4) is 0 Å². The fourth-order valence-electron chi connectivity index (χ4n) is 2.06. The average Bonchev–Trinajstić information content (AvgIpc) is 2.46. The van der Waals surface area contributed by atoms with E-state index in [0.29, 0.717) is 36.8 Å². The van der Waals surface area contributed by atoms with Crippen molar-refractivity contribution in [1.82, 2.24) is 15.5 Å². The van der Waals surface area contributed by atoms with Crippen LogP contribution in [0.3, 0.4) is 0 Å². The first kappa shape index (κ1) is 14.6. The lowest BCUT2D eigenvalue weighted by atomic mass is 10.1. The number of carbonyl (C=O) groups is 2. The number of hydrogen-bond donors (Lipinski definition) is 3. The number of rotatable bonds is 3. The van der Waals surface area contributed by atoms with Gasteiger partial charge in [-0.2, -0.15) is 0 Å². The van der Waals surface area contributed by atoms with Gasteiger partial charge < -0.3 is 20.6 Å². The van der Waals surface area contributed by atoms with Crippen LogP contribution in [0.25, 0.3) is 0 Å². The van der Waals surface area contributed by atoms with Crippen molar-refractivity contribution >= 4 is 23.6 Å². The van der Waals surface area contributed by atoms with Gasteiger partial charge in [0.15, 0.2) is 6.04 Å². The first-order valence-electron chi connectivity index (χ1n) is 6.33. The number of piperazine rings is 1. The van der Waals surface area contributed by atoms with E-state index in [-0.39, 0.29) is 6.03 Å². The molecule has 0 aromatic heterocycles. The number of hydrogen-bond acceptors (Lipinski definition) is 3. The van der Waals surface area contributed by atoms with E-state index in [1.54, 1.807) is 29.2 Å². The Labute approximate surface area is 121 Å². The van der Waals surface area contributed by atoms with Crippen LogP contribution in [0.2, 0.25) is 5.02 Å². The smallest absolute Gasteiger partial charge is 0.331 e. The van der Waals surface area contributed by atoms with Crippen molar-refractivity contribution in [2.45, 2.75) is 6.04 Å². The predicted octanol–water partition coefficient (Wildman–Crippen LogP) is 1.08. The minimum atomic E-state index is -1.15. The van der Waals surface area contributed by atoms with Crippen molar-refractivity contribution < 1.29 is 14.7 Å². The first-order chi connectivity index (χ1) is 9.59. The van der Waals surface area contributed by atoms with Gasteiger partial charge in [0.1, 0.15) is 0 Å². The number of carbonyl (C=O) groups excluding carboxylic acids is 1. The zero-order valence-electron chi connectivity index (χ0n) is 10.8. The summed E-state index contributed by atoms with van der Waals surface area (Å²) >= 11 is 5.99. The fraction of sp³-hybridized carbons (Fsp3) is 0.385. The van der Waals surface area contributed by atoms with Crippen molar-refractivity contribution in [2.75, 3.05) is 26.2 Å². The van der Waals surface area contributed by atoms with Gasteiger partial charge in [0.25, 0.3) is 0 Å². The zero-order valence-corrected chi connectivity index (χ0v) is 11.6. The Morgan fingerprint density at radius 1 is 1.30 bits per heavy atom. The zero-order chi connectivity index (χ0) is 14.5. The summed E-state index contributed by atoms with van der Waals surface area (Å²) in [6.45, 7) is 2.52. The summed E-state index contributed by atoms with van der Waals surface area (Å²) in [6.07, 6.45) is 0. The number of halogens is 1. The van der Waals surface area contributed by atoms with Crippen molar-refractivity contribution in [2.24, 2.45) is 0 Å². The quantitative estimate of drug-likeness (QED) is 0.780. The molecule has 3 N–H and O–H groups in total. The maximum absolute atomic E-state index is 12.1. The molecule has 1 fully saturated rings. The summed E-state index contributed by atoms with van der Waals surface area (Å²) in [7, 11) is 0. The van der Waals surface area contributed by atoms with Gasteiger partial charge in [0, 0.05) is 36.8 Å². The van der Waals surface area contributed by atoms with Crippen LogP contribution < -0.4 is 10.6 Å². The summed E-state index contributed by atoms with van der Waals surface area (Å²) in [5.74, 6) is -1.14. The molecule has 0 radical (unpaired) electrons. The summed E-state index contributed by atoms with van der Waals surface area (Å²) in [5, 5.41) is 15.3. The molecule has 1 aliphatic rings. The SMILES string of the molecule is O=C(O)[C@H](NC(=O)N1CCNCC1)c1ccccc1Cl. The number of carboxylic acid groups (broad SMARTS) is 1. The second kappa shape index (κ2) is 6.58. The highest BCUT2D eigenvalue weighted by Gasteiger charge is 2.26. The highest BCUT2D eigenvalue weighted by Crippen LogP contribution is 2.23. The summed E-state index contributed by atoms with van der Waals surface area (Å²) < 4.78 is 0. The molecule has 0 unspecified atom stereocenters. The molecule has 1 aromatic carbocycles. The number of benzene rings is 1. The highest BCUT2D eigenvalue weighted by atomic mass is 35.5. The second-order valence-electron chi connectivity index (χ2n) is 4.48. The molecule has 1 atom stereocenters. The number of urea groups is 1.